The fourth-order valence-corrected chi connectivity index (χ4v) is 3.70. The van der Waals surface area contributed by atoms with E-state index in [1.165, 1.54) is 5.56 Å². The molecule has 1 aliphatic carbocycles. The number of carbonyl (C=O) groups excluding carboxylic acids is 1. The Kier molecular flexibility index (Phi) is 4.76. The van der Waals surface area contributed by atoms with E-state index in [9.17, 15) is 4.79 Å². The summed E-state index contributed by atoms with van der Waals surface area (Å²) in [5.41, 5.74) is 0.700. The Balaban J connectivity index is 1.82. The SMILES string of the molecule is C=CC[C@H]1C[C@]2([C@H](C)Cc3ccc(OC)cc3)OCOC2=CC1=O. The minimum atomic E-state index is -0.512. The molecule has 1 heterocycles. The van der Waals surface area contributed by atoms with Crippen LogP contribution in [0.1, 0.15) is 25.3 Å². The van der Waals surface area contributed by atoms with Gasteiger partial charge in [-0.05, 0) is 42.9 Å². The summed E-state index contributed by atoms with van der Waals surface area (Å²) in [6, 6.07) is 8.07. The minimum absolute atomic E-state index is 0.0775. The van der Waals surface area contributed by atoms with Gasteiger partial charge in [0.2, 0.25) is 0 Å². The van der Waals surface area contributed by atoms with Crippen molar-refractivity contribution in [3.05, 3.63) is 54.3 Å². The Labute approximate surface area is 143 Å². The second kappa shape index (κ2) is 6.81. The van der Waals surface area contributed by atoms with Gasteiger partial charge in [-0.1, -0.05) is 25.1 Å². The molecule has 1 aromatic carbocycles. The third-order valence-electron chi connectivity index (χ3n) is 5.12. The number of methoxy groups -OCH3 is 1. The summed E-state index contributed by atoms with van der Waals surface area (Å²) >= 11 is 0. The van der Waals surface area contributed by atoms with E-state index in [0.29, 0.717) is 18.6 Å². The van der Waals surface area contributed by atoms with Crippen LogP contribution in [0.2, 0.25) is 0 Å². The summed E-state index contributed by atoms with van der Waals surface area (Å²) in [5.74, 6) is 1.77. The smallest absolute Gasteiger partial charge is 0.189 e. The maximum Gasteiger partial charge on any atom is 0.189 e. The molecule has 0 unspecified atom stereocenters. The predicted molar refractivity (Wildman–Crippen MR) is 91.6 cm³/mol. The molecule has 1 aromatic rings. The van der Waals surface area contributed by atoms with Crippen molar-refractivity contribution in [1.82, 2.24) is 0 Å². The number of fused-ring (bicyclic) bond motifs is 1. The minimum Gasteiger partial charge on any atom is -0.497 e. The summed E-state index contributed by atoms with van der Waals surface area (Å²) in [4.78, 5) is 12.2. The lowest BCUT2D eigenvalue weighted by molar-refractivity contribution is -0.123. The standard InChI is InChI=1S/C20H24O4/c1-4-5-16-12-20(19(11-18(16)21)23-13-24-20)14(2)10-15-6-8-17(22-3)9-7-15/h4,6-9,11,14,16H,1,5,10,12-13H2,2-3H3/t14-,16+,20-/m1/s1. The van der Waals surface area contributed by atoms with Crippen molar-refractivity contribution in [2.24, 2.45) is 11.8 Å². The zero-order valence-corrected chi connectivity index (χ0v) is 14.3. The molecule has 0 radical (unpaired) electrons. The maximum atomic E-state index is 12.2. The first-order chi connectivity index (χ1) is 11.6. The molecule has 0 spiro atoms. The van der Waals surface area contributed by atoms with Gasteiger partial charge in [0.1, 0.15) is 17.1 Å². The summed E-state index contributed by atoms with van der Waals surface area (Å²) in [6.45, 7) is 6.14. The molecule has 4 heteroatoms. The van der Waals surface area contributed by atoms with Crippen LogP contribution < -0.4 is 4.74 Å². The first-order valence-electron chi connectivity index (χ1n) is 8.35. The Bertz CT molecular complexity index is 646. The Hall–Kier alpha value is -2.07. The average molecular weight is 328 g/mol. The van der Waals surface area contributed by atoms with Gasteiger partial charge >= 0.3 is 0 Å². The zero-order chi connectivity index (χ0) is 17.2. The number of benzene rings is 1. The van der Waals surface area contributed by atoms with Gasteiger partial charge in [0.15, 0.2) is 12.6 Å². The first kappa shape index (κ1) is 16.8. The van der Waals surface area contributed by atoms with Crippen LogP contribution in [0, 0.1) is 11.8 Å². The van der Waals surface area contributed by atoms with Gasteiger partial charge in [0.25, 0.3) is 0 Å². The summed E-state index contributed by atoms with van der Waals surface area (Å²) < 4.78 is 16.9. The normalized spacial score (nSPS) is 27.0. The third kappa shape index (κ3) is 2.98. The largest absolute Gasteiger partial charge is 0.497 e. The fourth-order valence-electron chi connectivity index (χ4n) is 3.70. The molecular weight excluding hydrogens is 304 g/mol. The van der Waals surface area contributed by atoms with E-state index in [-0.39, 0.29) is 24.4 Å². The highest BCUT2D eigenvalue weighted by Gasteiger charge is 2.51. The number of carbonyl (C=O) groups is 1. The van der Waals surface area contributed by atoms with Gasteiger partial charge in [0, 0.05) is 12.0 Å². The van der Waals surface area contributed by atoms with Crippen molar-refractivity contribution in [1.29, 1.82) is 0 Å². The molecule has 3 atom stereocenters. The van der Waals surface area contributed by atoms with Gasteiger partial charge in [-0.3, -0.25) is 4.79 Å². The van der Waals surface area contributed by atoms with Crippen LogP contribution in [0.25, 0.3) is 0 Å². The van der Waals surface area contributed by atoms with E-state index in [0.717, 1.165) is 12.2 Å². The molecular formula is C20H24O4. The second-order valence-corrected chi connectivity index (χ2v) is 6.59. The number of hydrogen-bond acceptors (Lipinski definition) is 4. The van der Waals surface area contributed by atoms with E-state index in [2.05, 4.69) is 25.6 Å². The van der Waals surface area contributed by atoms with E-state index in [4.69, 9.17) is 14.2 Å². The monoisotopic (exact) mass is 328 g/mol. The van der Waals surface area contributed by atoms with Crippen LogP contribution >= 0.6 is 0 Å². The quantitative estimate of drug-likeness (QED) is 0.748. The molecule has 0 bridgehead atoms. The number of rotatable bonds is 6. The first-order valence-corrected chi connectivity index (χ1v) is 8.35. The van der Waals surface area contributed by atoms with Crippen LogP contribution in [-0.4, -0.2) is 25.3 Å². The molecule has 128 valence electrons. The molecule has 0 amide bonds. The molecule has 3 rings (SSSR count). The second-order valence-electron chi connectivity index (χ2n) is 6.59. The van der Waals surface area contributed by atoms with Gasteiger partial charge in [0.05, 0.1) is 7.11 Å². The van der Waals surface area contributed by atoms with E-state index in [1.54, 1.807) is 19.3 Å². The molecule has 0 saturated carbocycles. The van der Waals surface area contributed by atoms with E-state index >= 15 is 0 Å². The summed E-state index contributed by atoms with van der Waals surface area (Å²) in [7, 11) is 1.66. The van der Waals surface area contributed by atoms with Gasteiger partial charge in [-0.25, -0.2) is 0 Å². The molecule has 2 aliphatic rings. The lowest BCUT2D eigenvalue weighted by atomic mass is 9.71. The molecule has 24 heavy (non-hydrogen) atoms. The Morgan fingerprint density at radius 3 is 2.83 bits per heavy atom. The molecule has 0 aromatic heterocycles. The summed E-state index contributed by atoms with van der Waals surface area (Å²) in [5, 5.41) is 0. The lowest BCUT2D eigenvalue weighted by Gasteiger charge is -2.38. The molecule has 1 fully saturated rings. The van der Waals surface area contributed by atoms with Crippen molar-refractivity contribution in [3.63, 3.8) is 0 Å². The Morgan fingerprint density at radius 2 is 2.17 bits per heavy atom. The number of hydrogen-bond donors (Lipinski definition) is 0. The topological polar surface area (TPSA) is 44.8 Å². The molecule has 0 N–H and O–H groups in total. The van der Waals surface area contributed by atoms with Gasteiger partial charge < -0.3 is 14.2 Å². The zero-order valence-electron chi connectivity index (χ0n) is 14.3. The van der Waals surface area contributed by atoms with Crippen LogP contribution in [0.15, 0.2) is 48.8 Å². The summed E-state index contributed by atoms with van der Waals surface area (Å²) in [6.07, 6.45) is 5.61. The van der Waals surface area contributed by atoms with E-state index in [1.807, 2.05) is 12.1 Å². The highest BCUT2D eigenvalue weighted by atomic mass is 16.7. The third-order valence-corrected chi connectivity index (χ3v) is 5.12. The fraction of sp³-hybridized carbons (Fsp3) is 0.450. The van der Waals surface area contributed by atoms with Gasteiger partial charge in [-0.2, -0.15) is 0 Å². The highest BCUT2D eigenvalue weighted by molar-refractivity contribution is 5.93. The van der Waals surface area contributed by atoms with Crippen molar-refractivity contribution in [2.45, 2.75) is 31.8 Å². The van der Waals surface area contributed by atoms with Crippen molar-refractivity contribution in [2.75, 3.05) is 13.9 Å². The lowest BCUT2D eigenvalue weighted by Crippen LogP contribution is -2.44. The number of ketones is 1. The maximum absolute atomic E-state index is 12.2. The molecule has 1 aliphatic heterocycles. The van der Waals surface area contributed by atoms with Crippen molar-refractivity contribution < 1.29 is 19.0 Å². The van der Waals surface area contributed by atoms with Crippen LogP contribution in [-0.2, 0) is 20.7 Å². The van der Waals surface area contributed by atoms with E-state index < -0.39 is 5.60 Å². The molecule has 4 nitrogen and oxygen atoms in total. The van der Waals surface area contributed by atoms with Crippen LogP contribution in [0.5, 0.6) is 5.75 Å². The number of ether oxygens (including phenoxy) is 3. The van der Waals surface area contributed by atoms with Crippen LogP contribution in [0.4, 0.5) is 0 Å². The number of allylic oxidation sites excluding steroid dienone is 2. The highest BCUT2D eigenvalue weighted by Crippen LogP contribution is 2.46. The average Bonchev–Trinajstić information content (AvgIpc) is 3.00. The predicted octanol–water partition coefficient (Wildman–Crippen LogP) is 3.67. The Morgan fingerprint density at radius 1 is 1.42 bits per heavy atom. The molecule has 1 saturated heterocycles. The van der Waals surface area contributed by atoms with Crippen molar-refractivity contribution in [3.8, 4) is 5.75 Å². The van der Waals surface area contributed by atoms with Gasteiger partial charge in [-0.15, -0.1) is 6.58 Å². The van der Waals surface area contributed by atoms with Crippen molar-refractivity contribution >= 4 is 5.78 Å². The van der Waals surface area contributed by atoms with Crippen LogP contribution in [0.3, 0.4) is 0 Å².